The fourth-order valence-corrected chi connectivity index (χ4v) is 1.73. The summed E-state index contributed by atoms with van der Waals surface area (Å²) in [5, 5.41) is 9.25. The predicted octanol–water partition coefficient (Wildman–Crippen LogP) is 1.16. The summed E-state index contributed by atoms with van der Waals surface area (Å²) in [5.74, 6) is 1.35. The summed E-state index contributed by atoms with van der Waals surface area (Å²) in [6.07, 6.45) is 2.07. The Balaban J connectivity index is 1.73. The molecule has 0 aliphatic rings. The van der Waals surface area contributed by atoms with Crippen molar-refractivity contribution in [2.24, 2.45) is 0 Å². The molecule has 2 aromatic rings. The molecule has 0 spiro atoms. The summed E-state index contributed by atoms with van der Waals surface area (Å²) in [6, 6.07) is 5.92. The molecule has 0 fully saturated rings. The largest absolute Gasteiger partial charge is 0.483 e. The lowest BCUT2D eigenvalue weighted by Gasteiger charge is -2.10. The number of ether oxygens (including phenoxy) is 1. The average molecular weight is 274 g/mol. The predicted molar refractivity (Wildman–Crippen MR) is 74.5 cm³/mol. The van der Waals surface area contributed by atoms with Gasteiger partial charge in [-0.05, 0) is 31.0 Å². The first-order valence-corrected chi connectivity index (χ1v) is 6.46. The molecule has 0 atom stereocenters. The van der Waals surface area contributed by atoms with Gasteiger partial charge in [-0.25, -0.2) is 4.98 Å². The summed E-state index contributed by atoms with van der Waals surface area (Å²) in [4.78, 5) is 15.6. The Morgan fingerprint density at radius 2 is 2.25 bits per heavy atom. The zero-order chi connectivity index (χ0) is 14.4. The highest BCUT2D eigenvalue weighted by atomic mass is 16.5. The van der Waals surface area contributed by atoms with Crippen LogP contribution in [0, 0.1) is 13.8 Å². The molecule has 0 aliphatic carbocycles. The molecule has 0 saturated heterocycles. The fourth-order valence-electron chi connectivity index (χ4n) is 1.73. The number of amides is 1. The van der Waals surface area contributed by atoms with Gasteiger partial charge in [0.1, 0.15) is 17.9 Å². The van der Waals surface area contributed by atoms with E-state index < -0.39 is 0 Å². The SMILES string of the molecule is Cc1ccc(C)c(OCC(=O)NCCc2ncn[nH]2)c1. The number of hydrogen-bond acceptors (Lipinski definition) is 4. The normalized spacial score (nSPS) is 10.3. The number of carbonyl (C=O) groups is 1. The van der Waals surface area contributed by atoms with Gasteiger partial charge >= 0.3 is 0 Å². The monoisotopic (exact) mass is 274 g/mol. The smallest absolute Gasteiger partial charge is 0.257 e. The Hall–Kier alpha value is -2.37. The number of carbonyl (C=O) groups excluding carboxylic acids is 1. The second kappa shape index (κ2) is 6.70. The molecular formula is C14H18N4O2. The number of nitrogens with zero attached hydrogens (tertiary/aromatic N) is 2. The van der Waals surface area contributed by atoms with Gasteiger partial charge < -0.3 is 10.1 Å². The van der Waals surface area contributed by atoms with Crippen LogP contribution >= 0.6 is 0 Å². The molecule has 6 nitrogen and oxygen atoms in total. The van der Waals surface area contributed by atoms with Crippen molar-refractivity contribution in [3.05, 3.63) is 41.5 Å². The fraction of sp³-hybridized carbons (Fsp3) is 0.357. The summed E-state index contributed by atoms with van der Waals surface area (Å²) >= 11 is 0. The lowest BCUT2D eigenvalue weighted by Crippen LogP contribution is -2.30. The maximum Gasteiger partial charge on any atom is 0.257 e. The molecule has 0 unspecified atom stereocenters. The Labute approximate surface area is 117 Å². The minimum Gasteiger partial charge on any atom is -0.483 e. The molecule has 1 heterocycles. The average Bonchev–Trinajstić information content (AvgIpc) is 2.93. The van der Waals surface area contributed by atoms with Gasteiger partial charge in [-0.15, -0.1) is 0 Å². The number of aryl methyl sites for hydroxylation is 2. The van der Waals surface area contributed by atoms with Crippen LogP contribution in [-0.2, 0) is 11.2 Å². The zero-order valence-corrected chi connectivity index (χ0v) is 11.6. The van der Waals surface area contributed by atoms with Gasteiger partial charge in [-0.1, -0.05) is 12.1 Å². The lowest BCUT2D eigenvalue weighted by molar-refractivity contribution is -0.123. The maximum absolute atomic E-state index is 11.7. The molecule has 0 bridgehead atoms. The third-order valence-corrected chi connectivity index (χ3v) is 2.85. The summed E-state index contributed by atoms with van der Waals surface area (Å²) in [5.41, 5.74) is 2.13. The number of hydrogen-bond donors (Lipinski definition) is 2. The standard InChI is InChI=1S/C14H18N4O2/c1-10-3-4-11(2)12(7-10)20-8-14(19)15-6-5-13-16-9-17-18-13/h3-4,7,9H,5-6,8H2,1-2H3,(H,15,19)(H,16,17,18). The molecule has 6 heteroatoms. The summed E-state index contributed by atoms with van der Waals surface area (Å²) < 4.78 is 5.52. The second-order valence-electron chi connectivity index (χ2n) is 4.59. The van der Waals surface area contributed by atoms with Gasteiger partial charge in [0.2, 0.25) is 0 Å². The van der Waals surface area contributed by atoms with Crippen molar-refractivity contribution in [3.63, 3.8) is 0 Å². The van der Waals surface area contributed by atoms with Gasteiger partial charge in [0.15, 0.2) is 6.61 Å². The molecule has 1 amide bonds. The van der Waals surface area contributed by atoms with E-state index in [2.05, 4.69) is 20.5 Å². The van der Waals surface area contributed by atoms with Crippen LogP contribution in [0.1, 0.15) is 17.0 Å². The first-order valence-electron chi connectivity index (χ1n) is 6.46. The van der Waals surface area contributed by atoms with Gasteiger partial charge in [0.25, 0.3) is 5.91 Å². The van der Waals surface area contributed by atoms with Crippen molar-refractivity contribution in [1.29, 1.82) is 0 Å². The van der Waals surface area contributed by atoms with E-state index in [0.717, 1.165) is 22.7 Å². The molecular weight excluding hydrogens is 256 g/mol. The van der Waals surface area contributed by atoms with E-state index in [4.69, 9.17) is 4.74 Å². The molecule has 106 valence electrons. The first kappa shape index (κ1) is 14.0. The van der Waals surface area contributed by atoms with E-state index in [1.165, 1.54) is 6.33 Å². The van der Waals surface area contributed by atoms with Crippen LogP contribution in [0.4, 0.5) is 0 Å². The number of aromatic nitrogens is 3. The molecule has 0 radical (unpaired) electrons. The van der Waals surface area contributed by atoms with E-state index in [9.17, 15) is 4.79 Å². The van der Waals surface area contributed by atoms with E-state index in [1.54, 1.807) is 0 Å². The first-order chi connectivity index (χ1) is 9.65. The van der Waals surface area contributed by atoms with Crippen molar-refractivity contribution in [2.45, 2.75) is 20.3 Å². The van der Waals surface area contributed by atoms with Gasteiger partial charge in [0.05, 0.1) is 0 Å². The van der Waals surface area contributed by atoms with Crippen molar-refractivity contribution in [1.82, 2.24) is 20.5 Å². The van der Waals surface area contributed by atoms with Crippen LogP contribution in [0.25, 0.3) is 0 Å². The van der Waals surface area contributed by atoms with Crippen LogP contribution in [0.3, 0.4) is 0 Å². The molecule has 1 aromatic heterocycles. The molecule has 2 rings (SSSR count). The molecule has 2 N–H and O–H groups in total. The van der Waals surface area contributed by atoms with Gasteiger partial charge in [-0.3, -0.25) is 9.89 Å². The third kappa shape index (κ3) is 4.08. The Morgan fingerprint density at radius 1 is 1.40 bits per heavy atom. The van der Waals surface area contributed by atoms with E-state index in [1.807, 2.05) is 32.0 Å². The highest BCUT2D eigenvalue weighted by Gasteiger charge is 2.05. The number of H-pyrrole nitrogens is 1. The van der Waals surface area contributed by atoms with Crippen molar-refractivity contribution < 1.29 is 9.53 Å². The molecule has 20 heavy (non-hydrogen) atoms. The highest BCUT2D eigenvalue weighted by Crippen LogP contribution is 2.18. The third-order valence-electron chi connectivity index (χ3n) is 2.85. The maximum atomic E-state index is 11.7. The minimum absolute atomic E-state index is 0.0146. The topological polar surface area (TPSA) is 79.9 Å². The van der Waals surface area contributed by atoms with E-state index in [0.29, 0.717) is 13.0 Å². The van der Waals surface area contributed by atoms with Crippen molar-refractivity contribution in [2.75, 3.05) is 13.2 Å². The molecule has 1 aromatic carbocycles. The Bertz CT molecular complexity index is 567. The minimum atomic E-state index is -0.148. The number of rotatable bonds is 6. The lowest BCUT2D eigenvalue weighted by atomic mass is 10.1. The number of nitrogens with one attached hydrogen (secondary N) is 2. The van der Waals surface area contributed by atoms with E-state index in [-0.39, 0.29) is 12.5 Å². The van der Waals surface area contributed by atoms with Crippen LogP contribution < -0.4 is 10.1 Å². The van der Waals surface area contributed by atoms with Crippen molar-refractivity contribution in [3.8, 4) is 5.75 Å². The quantitative estimate of drug-likeness (QED) is 0.828. The van der Waals surface area contributed by atoms with Crippen molar-refractivity contribution >= 4 is 5.91 Å². The highest BCUT2D eigenvalue weighted by molar-refractivity contribution is 5.77. The zero-order valence-electron chi connectivity index (χ0n) is 11.6. The Morgan fingerprint density at radius 3 is 3.00 bits per heavy atom. The van der Waals surface area contributed by atoms with E-state index >= 15 is 0 Å². The molecule has 0 aliphatic heterocycles. The molecule has 0 saturated carbocycles. The van der Waals surface area contributed by atoms with Gasteiger partial charge in [-0.2, -0.15) is 5.10 Å². The summed E-state index contributed by atoms with van der Waals surface area (Å²) in [6.45, 7) is 4.46. The Kier molecular flexibility index (Phi) is 4.70. The van der Waals surface area contributed by atoms with Crippen LogP contribution in [0.5, 0.6) is 5.75 Å². The van der Waals surface area contributed by atoms with Gasteiger partial charge in [0, 0.05) is 13.0 Å². The van der Waals surface area contributed by atoms with Crippen LogP contribution in [0.15, 0.2) is 24.5 Å². The van der Waals surface area contributed by atoms with Crippen LogP contribution in [-0.4, -0.2) is 34.2 Å². The van der Waals surface area contributed by atoms with Crippen LogP contribution in [0.2, 0.25) is 0 Å². The number of aromatic amines is 1. The second-order valence-corrected chi connectivity index (χ2v) is 4.59. The number of benzene rings is 1. The summed E-state index contributed by atoms with van der Waals surface area (Å²) in [7, 11) is 0.